The largest absolute Gasteiger partial charge is 0.493 e. The van der Waals surface area contributed by atoms with E-state index in [2.05, 4.69) is 27.4 Å². The number of nitrogens with one attached hydrogen (secondary N) is 1. The van der Waals surface area contributed by atoms with Crippen LogP contribution in [0.1, 0.15) is 25.3 Å². The topological polar surface area (TPSA) is 103 Å². The number of para-hydroxylation sites is 1. The molecule has 0 spiro atoms. The average Bonchev–Trinajstić information content (AvgIpc) is 3.33. The second-order valence-electron chi connectivity index (χ2n) is 6.69. The van der Waals surface area contributed by atoms with Gasteiger partial charge in [0.2, 0.25) is 11.0 Å². The number of hydrogen-bond donors (Lipinski definition) is 2. The summed E-state index contributed by atoms with van der Waals surface area (Å²) in [4.78, 5) is 16.7. The molecule has 0 radical (unpaired) electrons. The van der Waals surface area contributed by atoms with Gasteiger partial charge in [-0.05, 0) is 36.2 Å². The summed E-state index contributed by atoms with van der Waals surface area (Å²) in [6.07, 6.45) is 2.30. The monoisotopic (exact) mass is 439 g/mol. The molecule has 0 aliphatic carbocycles. The molecule has 0 unspecified atom stereocenters. The molecule has 0 bridgehead atoms. The van der Waals surface area contributed by atoms with Gasteiger partial charge in [0.15, 0.2) is 10.1 Å². The Kier molecular flexibility index (Phi) is 6.20. The minimum Gasteiger partial charge on any atom is -0.493 e. The second kappa shape index (κ2) is 9.19. The Labute approximate surface area is 181 Å². The van der Waals surface area contributed by atoms with Gasteiger partial charge >= 0.3 is 0 Å². The third-order valence-corrected chi connectivity index (χ3v) is 6.10. The number of hydrogen-bond acceptors (Lipinski definition) is 8. The molecular weight excluding hydrogens is 418 g/mol. The maximum absolute atomic E-state index is 12.5. The number of benzene rings is 2. The standard InChI is InChI=1S/C21H21N5O2S2/c1-2-3-10-28-16-7-5-4-6-14(16)19-25-26-21(30-19)24-18(27)12-13-8-9-15-17(11-13)29-20(22)23-15/h4-9,11H,2-3,10,12H2,1H3,(H2,22,23)(H,24,26,27). The lowest BCUT2D eigenvalue weighted by Gasteiger charge is -2.08. The number of rotatable bonds is 8. The van der Waals surface area contributed by atoms with Crippen molar-refractivity contribution in [2.45, 2.75) is 26.2 Å². The van der Waals surface area contributed by atoms with Crippen LogP contribution in [-0.4, -0.2) is 27.7 Å². The molecule has 3 N–H and O–H groups in total. The fraction of sp³-hybridized carbons (Fsp3) is 0.238. The van der Waals surface area contributed by atoms with Gasteiger partial charge in [-0.3, -0.25) is 4.79 Å². The highest BCUT2D eigenvalue weighted by molar-refractivity contribution is 7.22. The van der Waals surface area contributed by atoms with Crippen LogP contribution in [0.15, 0.2) is 42.5 Å². The van der Waals surface area contributed by atoms with E-state index in [0.717, 1.165) is 39.9 Å². The summed E-state index contributed by atoms with van der Waals surface area (Å²) in [5.41, 5.74) is 8.35. The molecule has 0 aliphatic heterocycles. The number of nitrogens with zero attached hydrogens (tertiary/aromatic N) is 3. The van der Waals surface area contributed by atoms with Crippen LogP contribution in [0.5, 0.6) is 5.75 Å². The van der Waals surface area contributed by atoms with Gasteiger partial charge in [-0.15, -0.1) is 10.2 Å². The van der Waals surface area contributed by atoms with Crippen LogP contribution in [0, 0.1) is 0 Å². The van der Waals surface area contributed by atoms with E-state index in [-0.39, 0.29) is 12.3 Å². The third kappa shape index (κ3) is 4.74. The van der Waals surface area contributed by atoms with Crippen molar-refractivity contribution < 1.29 is 9.53 Å². The van der Waals surface area contributed by atoms with Gasteiger partial charge < -0.3 is 15.8 Å². The molecule has 1 amide bonds. The van der Waals surface area contributed by atoms with Crippen LogP contribution in [0.4, 0.5) is 10.3 Å². The highest BCUT2D eigenvalue weighted by Crippen LogP contribution is 2.33. The summed E-state index contributed by atoms with van der Waals surface area (Å²) < 4.78 is 6.84. The highest BCUT2D eigenvalue weighted by Gasteiger charge is 2.14. The van der Waals surface area contributed by atoms with E-state index < -0.39 is 0 Å². The third-order valence-electron chi connectivity index (χ3n) is 4.38. The van der Waals surface area contributed by atoms with Crippen molar-refractivity contribution in [1.29, 1.82) is 0 Å². The minimum atomic E-state index is -0.151. The number of ether oxygens (including phenoxy) is 1. The molecule has 0 saturated carbocycles. The second-order valence-corrected chi connectivity index (χ2v) is 8.73. The summed E-state index contributed by atoms with van der Waals surface area (Å²) in [5, 5.41) is 12.9. The van der Waals surface area contributed by atoms with E-state index in [1.54, 1.807) is 0 Å². The van der Waals surface area contributed by atoms with Crippen LogP contribution >= 0.6 is 22.7 Å². The number of unbranched alkanes of at least 4 members (excludes halogenated alkanes) is 1. The molecule has 154 valence electrons. The van der Waals surface area contributed by atoms with Crippen molar-refractivity contribution in [2.24, 2.45) is 0 Å². The number of anilines is 2. The number of thiazole rings is 1. The van der Waals surface area contributed by atoms with Crippen LogP contribution in [-0.2, 0) is 11.2 Å². The maximum Gasteiger partial charge on any atom is 0.230 e. The molecule has 0 fully saturated rings. The van der Waals surface area contributed by atoms with Crippen molar-refractivity contribution >= 4 is 49.1 Å². The lowest BCUT2D eigenvalue weighted by atomic mass is 10.1. The first kappa shape index (κ1) is 20.2. The summed E-state index contributed by atoms with van der Waals surface area (Å²) in [6.45, 7) is 2.78. The Bertz CT molecular complexity index is 1170. The molecule has 4 rings (SSSR count). The quantitative estimate of drug-likeness (QED) is 0.384. The van der Waals surface area contributed by atoms with Crippen molar-refractivity contribution in [1.82, 2.24) is 15.2 Å². The number of carbonyl (C=O) groups is 1. The minimum absolute atomic E-state index is 0.151. The van der Waals surface area contributed by atoms with E-state index in [9.17, 15) is 4.79 Å². The van der Waals surface area contributed by atoms with Gasteiger partial charge in [0.05, 0.1) is 28.8 Å². The number of amides is 1. The number of fused-ring (bicyclic) bond motifs is 1. The first-order valence-corrected chi connectivity index (χ1v) is 11.3. The fourth-order valence-electron chi connectivity index (χ4n) is 2.92. The summed E-state index contributed by atoms with van der Waals surface area (Å²) in [6, 6.07) is 13.4. The van der Waals surface area contributed by atoms with Gasteiger partial charge in [0.1, 0.15) is 5.75 Å². The molecule has 4 aromatic rings. The number of carbonyl (C=O) groups excluding carboxylic acids is 1. The van der Waals surface area contributed by atoms with Gasteiger partial charge in [0.25, 0.3) is 0 Å². The number of nitrogens with two attached hydrogens (primary N) is 1. The van der Waals surface area contributed by atoms with Gasteiger partial charge in [-0.25, -0.2) is 4.98 Å². The molecule has 0 atom stereocenters. The molecule has 0 aliphatic rings. The van der Waals surface area contributed by atoms with E-state index in [1.165, 1.54) is 22.7 Å². The Morgan fingerprint density at radius 2 is 2.03 bits per heavy atom. The molecule has 30 heavy (non-hydrogen) atoms. The lowest BCUT2D eigenvalue weighted by Crippen LogP contribution is -2.14. The van der Waals surface area contributed by atoms with E-state index >= 15 is 0 Å². The van der Waals surface area contributed by atoms with Gasteiger partial charge in [-0.2, -0.15) is 0 Å². The lowest BCUT2D eigenvalue weighted by molar-refractivity contribution is -0.115. The van der Waals surface area contributed by atoms with Crippen molar-refractivity contribution in [3.63, 3.8) is 0 Å². The van der Waals surface area contributed by atoms with Crippen LogP contribution in [0.3, 0.4) is 0 Å². The number of nitrogen functional groups attached to an aromatic ring is 1. The van der Waals surface area contributed by atoms with Crippen molar-refractivity contribution in [2.75, 3.05) is 17.7 Å². The molecular formula is C21H21N5O2S2. The smallest absolute Gasteiger partial charge is 0.230 e. The van der Waals surface area contributed by atoms with E-state index in [4.69, 9.17) is 10.5 Å². The van der Waals surface area contributed by atoms with Gasteiger partial charge in [-0.1, -0.05) is 54.2 Å². The van der Waals surface area contributed by atoms with E-state index in [0.29, 0.717) is 21.9 Å². The zero-order chi connectivity index (χ0) is 20.9. The number of aromatic nitrogens is 3. The Morgan fingerprint density at radius 3 is 2.90 bits per heavy atom. The van der Waals surface area contributed by atoms with Crippen molar-refractivity contribution in [3.8, 4) is 16.3 Å². The van der Waals surface area contributed by atoms with E-state index in [1.807, 2.05) is 42.5 Å². The molecule has 7 nitrogen and oxygen atoms in total. The summed E-state index contributed by atoms with van der Waals surface area (Å²) in [7, 11) is 0. The Balaban J connectivity index is 1.43. The van der Waals surface area contributed by atoms with Crippen LogP contribution in [0.25, 0.3) is 20.8 Å². The molecule has 2 aromatic carbocycles. The zero-order valence-electron chi connectivity index (χ0n) is 16.4. The van der Waals surface area contributed by atoms with Crippen LogP contribution < -0.4 is 15.8 Å². The van der Waals surface area contributed by atoms with Crippen LogP contribution in [0.2, 0.25) is 0 Å². The fourth-order valence-corrected chi connectivity index (χ4v) is 4.51. The average molecular weight is 440 g/mol. The summed E-state index contributed by atoms with van der Waals surface area (Å²) in [5.74, 6) is 0.624. The highest BCUT2D eigenvalue weighted by atomic mass is 32.1. The molecule has 9 heteroatoms. The predicted molar refractivity (Wildman–Crippen MR) is 122 cm³/mol. The zero-order valence-corrected chi connectivity index (χ0v) is 18.1. The maximum atomic E-state index is 12.5. The van der Waals surface area contributed by atoms with Crippen molar-refractivity contribution in [3.05, 3.63) is 48.0 Å². The molecule has 0 saturated heterocycles. The summed E-state index contributed by atoms with van der Waals surface area (Å²) >= 11 is 2.73. The predicted octanol–water partition coefficient (Wildman–Crippen LogP) is 4.76. The molecule has 2 heterocycles. The van der Waals surface area contributed by atoms with Gasteiger partial charge in [0, 0.05) is 0 Å². The normalized spacial score (nSPS) is 11.0. The first-order valence-electron chi connectivity index (χ1n) is 9.63. The first-order chi connectivity index (χ1) is 14.6. The SMILES string of the molecule is CCCCOc1ccccc1-c1nnc(NC(=O)Cc2ccc3nc(N)sc3c2)s1. The molecule has 2 aromatic heterocycles. The Morgan fingerprint density at radius 1 is 1.17 bits per heavy atom. The Hall–Kier alpha value is -3.04.